The van der Waals surface area contributed by atoms with E-state index in [4.69, 9.17) is 5.73 Å². The molecule has 3 rings (SSSR count). The highest BCUT2D eigenvalue weighted by Crippen LogP contribution is 2.20. The lowest BCUT2D eigenvalue weighted by Crippen LogP contribution is -2.03. The van der Waals surface area contributed by atoms with Crippen molar-refractivity contribution in [2.75, 3.05) is 5.73 Å². The van der Waals surface area contributed by atoms with Gasteiger partial charge in [0.05, 0.1) is 5.52 Å². The van der Waals surface area contributed by atoms with Gasteiger partial charge in [-0.1, -0.05) is 30.3 Å². The van der Waals surface area contributed by atoms with Crippen molar-refractivity contribution in [2.24, 2.45) is 0 Å². The number of anilines is 1. The Kier molecular flexibility index (Phi) is 2.72. The summed E-state index contributed by atoms with van der Waals surface area (Å²) in [5.74, 6) is -0.0362. The Morgan fingerprint density at radius 1 is 1.00 bits per heavy atom. The first-order valence-electron chi connectivity index (χ1n) is 6.00. The molecule has 1 aromatic heterocycles. The molecular weight excluding hydrogens is 236 g/mol. The second-order valence-electron chi connectivity index (χ2n) is 4.33. The van der Waals surface area contributed by atoms with Crippen molar-refractivity contribution in [2.45, 2.75) is 0 Å². The van der Waals surface area contributed by atoms with Gasteiger partial charge >= 0.3 is 0 Å². The summed E-state index contributed by atoms with van der Waals surface area (Å²) in [5.41, 5.74) is 8.37. The van der Waals surface area contributed by atoms with Gasteiger partial charge in [-0.05, 0) is 24.3 Å². The first-order valence-corrected chi connectivity index (χ1v) is 6.00. The van der Waals surface area contributed by atoms with Crippen molar-refractivity contribution >= 4 is 22.4 Å². The number of ketones is 1. The van der Waals surface area contributed by atoms with E-state index >= 15 is 0 Å². The lowest BCUT2D eigenvalue weighted by atomic mass is 9.99. The highest BCUT2D eigenvalue weighted by Gasteiger charge is 2.12. The molecule has 0 unspecified atom stereocenters. The Morgan fingerprint density at radius 3 is 2.68 bits per heavy atom. The fraction of sp³-hybridized carbons (Fsp3) is 0. The van der Waals surface area contributed by atoms with E-state index in [0.29, 0.717) is 16.8 Å². The molecule has 0 saturated carbocycles. The predicted octanol–water partition coefficient (Wildman–Crippen LogP) is 3.05. The minimum absolute atomic E-state index is 0.0362. The van der Waals surface area contributed by atoms with Crippen molar-refractivity contribution in [3.05, 3.63) is 71.9 Å². The molecule has 0 spiro atoms. The Labute approximate surface area is 110 Å². The second-order valence-corrected chi connectivity index (χ2v) is 4.33. The number of carbonyl (C=O) groups excluding carboxylic acids is 1. The summed E-state index contributed by atoms with van der Waals surface area (Å²) in [7, 11) is 0. The van der Waals surface area contributed by atoms with Gasteiger partial charge in [-0.25, -0.2) is 0 Å². The molecule has 0 fully saturated rings. The fourth-order valence-electron chi connectivity index (χ4n) is 2.14. The lowest BCUT2D eigenvalue weighted by molar-refractivity contribution is 0.104. The van der Waals surface area contributed by atoms with E-state index in [2.05, 4.69) is 4.98 Å². The van der Waals surface area contributed by atoms with Crippen molar-refractivity contribution < 1.29 is 4.79 Å². The van der Waals surface area contributed by atoms with E-state index in [1.807, 2.05) is 30.3 Å². The molecule has 0 saturated heterocycles. The van der Waals surface area contributed by atoms with Gasteiger partial charge in [-0.3, -0.25) is 9.78 Å². The zero-order chi connectivity index (χ0) is 13.2. The number of pyridine rings is 1. The van der Waals surface area contributed by atoms with Crippen LogP contribution < -0.4 is 5.73 Å². The third-order valence-corrected chi connectivity index (χ3v) is 3.04. The largest absolute Gasteiger partial charge is 0.399 e. The number of hydrogen-bond acceptors (Lipinski definition) is 3. The van der Waals surface area contributed by atoms with Gasteiger partial charge in [0.2, 0.25) is 0 Å². The zero-order valence-electron chi connectivity index (χ0n) is 10.2. The molecule has 3 aromatic rings. The topological polar surface area (TPSA) is 56.0 Å². The highest BCUT2D eigenvalue weighted by molar-refractivity contribution is 6.16. The van der Waals surface area contributed by atoms with Gasteiger partial charge in [-0.15, -0.1) is 0 Å². The number of nitrogens with zero attached hydrogens (tertiary/aromatic N) is 1. The van der Waals surface area contributed by atoms with Crippen LogP contribution in [0.15, 0.2) is 60.8 Å². The Morgan fingerprint density at radius 2 is 1.84 bits per heavy atom. The van der Waals surface area contributed by atoms with Crippen LogP contribution in [0.3, 0.4) is 0 Å². The van der Waals surface area contributed by atoms with Crippen molar-refractivity contribution in [1.29, 1.82) is 0 Å². The van der Waals surface area contributed by atoms with E-state index in [0.717, 1.165) is 10.9 Å². The van der Waals surface area contributed by atoms with Crippen molar-refractivity contribution in [3.8, 4) is 0 Å². The van der Waals surface area contributed by atoms with Gasteiger partial charge in [0.15, 0.2) is 5.78 Å². The molecule has 1 heterocycles. The molecule has 0 amide bonds. The number of nitrogen functional groups attached to an aromatic ring is 1. The molecule has 0 aliphatic heterocycles. The van der Waals surface area contributed by atoms with Crippen LogP contribution in [0.1, 0.15) is 15.9 Å². The molecule has 19 heavy (non-hydrogen) atoms. The van der Waals surface area contributed by atoms with Crippen LogP contribution in [0.2, 0.25) is 0 Å². The van der Waals surface area contributed by atoms with Gasteiger partial charge in [0.25, 0.3) is 0 Å². The van der Waals surface area contributed by atoms with Crippen LogP contribution in [-0.2, 0) is 0 Å². The quantitative estimate of drug-likeness (QED) is 0.560. The van der Waals surface area contributed by atoms with E-state index in [1.54, 1.807) is 30.5 Å². The van der Waals surface area contributed by atoms with Gasteiger partial charge in [-0.2, -0.15) is 0 Å². The van der Waals surface area contributed by atoms with E-state index < -0.39 is 0 Å². The molecule has 92 valence electrons. The molecule has 0 aliphatic rings. The minimum Gasteiger partial charge on any atom is -0.399 e. The normalized spacial score (nSPS) is 10.5. The zero-order valence-corrected chi connectivity index (χ0v) is 10.2. The van der Waals surface area contributed by atoms with Crippen molar-refractivity contribution in [3.63, 3.8) is 0 Å². The number of benzene rings is 2. The third-order valence-electron chi connectivity index (χ3n) is 3.04. The molecule has 0 radical (unpaired) electrons. The number of nitrogens with two attached hydrogens (primary N) is 1. The maximum atomic E-state index is 12.5. The molecule has 3 heteroatoms. The van der Waals surface area contributed by atoms with Crippen LogP contribution in [0, 0.1) is 0 Å². The Balaban J connectivity index is 2.17. The number of rotatable bonds is 2. The summed E-state index contributed by atoms with van der Waals surface area (Å²) < 4.78 is 0. The lowest BCUT2D eigenvalue weighted by Gasteiger charge is -2.05. The predicted molar refractivity (Wildman–Crippen MR) is 76.0 cm³/mol. The summed E-state index contributed by atoms with van der Waals surface area (Å²) in [6, 6.07) is 16.3. The summed E-state index contributed by atoms with van der Waals surface area (Å²) in [5, 5.41) is 0.859. The van der Waals surface area contributed by atoms with Crippen LogP contribution in [-0.4, -0.2) is 10.8 Å². The Hall–Kier alpha value is -2.68. The summed E-state index contributed by atoms with van der Waals surface area (Å²) in [6.07, 6.45) is 1.72. The van der Waals surface area contributed by atoms with E-state index in [-0.39, 0.29) is 5.78 Å². The molecular formula is C16H12N2O. The van der Waals surface area contributed by atoms with Gasteiger partial charge in [0.1, 0.15) is 0 Å². The van der Waals surface area contributed by atoms with Crippen molar-refractivity contribution in [1.82, 2.24) is 4.98 Å². The first-order chi connectivity index (χ1) is 9.25. The van der Waals surface area contributed by atoms with Gasteiger partial charge < -0.3 is 5.73 Å². The Bertz CT molecular complexity index is 760. The molecule has 2 aromatic carbocycles. The molecule has 2 N–H and O–H groups in total. The summed E-state index contributed by atoms with van der Waals surface area (Å²) in [4.78, 5) is 16.8. The van der Waals surface area contributed by atoms with E-state index in [1.165, 1.54) is 0 Å². The average Bonchev–Trinajstić information content (AvgIpc) is 2.46. The SMILES string of the molecule is Nc1cccc(C(=O)c2cccc3ncccc23)c1. The highest BCUT2D eigenvalue weighted by atomic mass is 16.1. The number of hydrogen-bond donors (Lipinski definition) is 1. The first kappa shape index (κ1) is 11.4. The fourth-order valence-corrected chi connectivity index (χ4v) is 2.14. The number of aromatic nitrogens is 1. The smallest absolute Gasteiger partial charge is 0.193 e. The maximum Gasteiger partial charge on any atom is 0.193 e. The second kappa shape index (κ2) is 4.53. The van der Waals surface area contributed by atoms with Crippen LogP contribution in [0.4, 0.5) is 5.69 Å². The standard InChI is InChI=1S/C16H12N2O/c17-12-5-1-4-11(10-12)16(19)14-6-2-8-15-13(14)7-3-9-18-15/h1-10H,17H2. The molecule has 0 aliphatic carbocycles. The van der Waals surface area contributed by atoms with E-state index in [9.17, 15) is 4.79 Å². The summed E-state index contributed by atoms with van der Waals surface area (Å²) in [6.45, 7) is 0. The summed E-state index contributed by atoms with van der Waals surface area (Å²) >= 11 is 0. The number of fused-ring (bicyclic) bond motifs is 1. The monoisotopic (exact) mass is 248 g/mol. The number of carbonyl (C=O) groups is 1. The molecule has 3 nitrogen and oxygen atoms in total. The minimum atomic E-state index is -0.0362. The maximum absolute atomic E-state index is 12.5. The van der Waals surface area contributed by atoms with Crippen LogP contribution in [0.25, 0.3) is 10.9 Å². The molecule has 0 bridgehead atoms. The molecule has 0 atom stereocenters. The average molecular weight is 248 g/mol. The third kappa shape index (κ3) is 2.06. The van der Waals surface area contributed by atoms with Crippen LogP contribution >= 0.6 is 0 Å². The van der Waals surface area contributed by atoms with Crippen LogP contribution in [0.5, 0.6) is 0 Å². The van der Waals surface area contributed by atoms with Gasteiger partial charge in [0, 0.05) is 28.4 Å².